The molecule has 0 aliphatic carbocycles. The van der Waals surface area contributed by atoms with Crippen molar-refractivity contribution in [3.05, 3.63) is 71.0 Å². The Morgan fingerprint density at radius 1 is 0.765 bits per heavy atom. The van der Waals surface area contributed by atoms with E-state index in [1.54, 1.807) is 0 Å². The molecule has 2 rings (SSSR count). The van der Waals surface area contributed by atoms with Crippen LogP contribution in [0.2, 0.25) is 0 Å². The highest BCUT2D eigenvalue weighted by Gasteiger charge is 2.11. The van der Waals surface area contributed by atoms with Gasteiger partial charge in [0.2, 0.25) is 0 Å². The molecule has 3 heteroatoms. The zero-order chi connectivity index (χ0) is 12.3. The van der Waals surface area contributed by atoms with E-state index in [0.29, 0.717) is 18.6 Å². The topological polar surface area (TPSA) is 0 Å². The van der Waals surface area contributed by atoms with E-state index in [1.807, 2.05) is 30.3 Å². The predicted molar refractivity (Wildman–Crippen MR) is 60.2 cm³/mol. The minimum Gasteiger partial charge on any atom is -0.207 e. The molecule has 0 saturated carbocycles. The fourth-order valence-corrected chi connectivity index (χ4v) is 1.72. The smallest absolute Gasteiger partial charge is 0.132 e. The Hall–Kier alpha value is -1.77. The van der Waals surface area contributed by atoms with Gasteiger partial charge >= 0.3 is 0 Å². The summed E-state index contributed by atoms with van der Waals surface area (Å²) in [5.41, 5.74) is 0.936. The van der Waals surface area contributed by atoms with E-state index < -0.39 is 17.5 Å². The van der Waals surface area contributed by atoms with Crippen LogP contribution in [0.1, 0.15) is 11.1 Å². The summed E-state index contributed by atoms with van der Waals surface area (Å²) in [6, 6.07) is 10.8. The summed E-state index contributed by atoms with van der Waals surface area (Å²) in [5.74, 6) is -2.53. The van der Waals surface area contributed by atoms with Crippen LogP contribution < -0.4 is 0 Å². The summed E-state index contributed by atoms with van der Waals surface area (Å²) in [7, 11) is 0. The van der Waals surface area contributed by atoms with Gasteiger partial charge in [-0.1, -0.05) is 30.3 Å². The maximum Gasteiger partial charge on any atom is 0.132 e. The Kier molecular flexibility index (Phi) is 3.47. The largest absolute Gasteiger partial charge is 0.207 e. The van der Waals surface area contributed by atoms with Gasteiger partial charge in [0.1, 0.15) is 17.5 Å². The predicted octanol–water partition coefficient (Wildman–Crippen LogP) is 3.89. The Labute approximate surface area is 97.7 Å². The highest BCUT2D eigenvalue weighted by atomic mass is 19.1. The average molecular weight is 236 g/mol. The van der Waals surface area contributed by atoms with Crippen molar-refractivity contribution < 1.29 is 13.2 Å². The van der Waals surface area contributed by atoms with Crippen molar-refractivity contribution in [2.45, 2.75) is 12.8 Å². The lowest BCUT2D eigenvalue weighted by atomic mass is 10.0. The van der Waals surface area contributed by atoms with Crippen molar-refractivity contribution in [3.63, 3.8) is 0 Å². The van der Waals surface area contributed by atoms with Gasteiger partial charge in [-0.05, 0) is 18.4 Å². The number of rotatable bonds is 3. The van der Waals surface area contributed by atoms with Gasteiger partial charge in [0.15, 0.2) is 0 Å². The molecular formula is C14H11F3. The second-order valence-corrected chi connectivity index (χ2v) is 3.83. The molecule has 0 N–H and O–H groups in total. The first-order valence-corrected chi connectivity index (χ1v) is 5.34. The van der Waals surface area contributed by atoms with E-state index in [4.69, 9.17) is 0 Å². The molecule has 0 heterocycles. The van der Waals surface area contributed by atoms with Gasteiger partial charge in [0.25, 0.3) is 0 Å². The minimum atomic E-state index is -0.886. The maximum atomic E-state index is 13.3. The van der Waals surface area contributed by atoms with E-state index in [9.17, 15) is 13.2 Å². The van der Waals surface area contributed by atoms with Crippen LogP contribution in [0.3, 0.4) is 0 Å². The third-order valence-corrected chi connectivity index (χ3v) is 2.61. The van der Waals surface area contributed by atoms with Crippen molar-refractivity contribution in [3.8, 4) is 0 Å². The molecule has 2 aromatic rings. The first kappa shape index (κ1) is 11.7. The van der Waals surface area contributed by atoms with Crippen molar-refractivity contribution in [1.29, 1.82) is 0 Å². The van der Waals surface area contributed by atoms with Crippen LogP contribution in [-0.4, -0.2) is 0 Å². The number of aryl methyl sites for hydroxylation is 1. The molecule has 0 spiro atoms. The van der Waals surface area contributed by atoms with E-state index in [1.165, 1.54) is 0 Å². The Morgan fingerprint density at radius 3 is 1.94 bits per heavy atom. The van der Waals surface area contributed by atoms with E-state index >= 15 is 0 Å². The van der Waals surface area contributed by atoms with E-state index in [-0.39, 0.29) is 12.0 Å². The zero-order valence-corrected chi connectivity index (χ0v) is 9.09. The maximum absolute atomic E-state index is 13.3. The van der Waals surface area contributed by atoms with Gasteiger partial charge in [-0.25, -0.2) is 13.2 Å². The van der Waals surface area contributed by atoms with Gasteiger partial charge in [0, 0.05) is 17.7 Å². The van der Waals surface area contributed by atoms with Crippen LogP contribution in [-0.2, 0) is 12.8 Å². The average Bonchev–Trinajstić information content (AvgIpc) is 2.29. The molecule has 0 amide bonds. The van der Waals surface area contributed by atoms with Gasteiger partial charge in [-0.15, -0.1) is 0 Å². The molecule has 0 fully saturated rings. The Balaban J connectivity index is 2.15. The minimum absolute atomic E-state index is 0.0600. The second kappa shape index (κ2) is 5.04. The van der Waals surface area contributed by atoms with Crippen LogP contribution in [0, 0.1) is 17.5 Å². The summed E-state index contributed by atoms with van der Waals surface area (Å²) in [6.07, 6.45) is 0.752. The second-order valence-electron chi connectivity index (χ2n) is 3.83. The van der Waals surface area contributed by atoms with Crippen LogP contribution in [0.5, 0.6) is 0 Å². The molecule has 0 nitrogen and oxygen atoms in total. The first-order chi connectivity index (χ1) is 8.16. The molecular weight excluding hydrogens is 225 g/mol. The molecule has 0 aromatic heterocycles. The lowest BCUT2D eigenvalue weighted by molar-refractivity contribution is 0.523. The molecule has 17 heavy (non-hydrogen) atoms. The highest BCUT2D eigenvalue weighted by Crippen LogP contribution is 2.17. The highest BCUT2D eigenvalue weighted by molar-refractivity contribution is 5.23. The number of hydrogen-bond acceptors (Lipinski definition) is 0. The molecule has 0 unspecified atom stereocenters. The normalized spacial score (nSPS) is 10.5. The quantitative estimate of drug-likeness (QED) is 0.758. The van der Waals surface area contributed by atoms with Crippen molar-refractivity contribution >= 4 is 0 Å². The standard InChI is InChI=1S/C14H11F3/c15-11-8-13(16)12(14(17)9-11)7-6-10-4-2-1-3-5-10/h1-5,8-9H,6-7H2. The third kappa shape index (κ3) is 2.87. The Morgan fingerprint density at radius 2 is 1.35 bits per heavy atom. The summed E-state index contributed by atoms with van der Waals surface area (Å²) in [6.45, 7) is 0. The van der Waals surface area contributed by atoms with Crippen LogP contribution in [0.4, 0.5) is 13.2 Å². The lowest BCUT2D eigenvalue weighted by Crippen LogP contribution is -2.00. The first-order valence-electron chi connectivity index (χ1n) is 5.34. The summed E-state index contributed by atoms with van der Waals surface area (Å²) < 4.78 is 39.4. The molecule has 0 radical (unpaired) electrons. The zero-order valence-electron chi connectivity index (χ0n) is 9.09. The van der Waals surface area contributed by atoms with Crippen LogP contribution in [0.15, 0.2) is 42.5 Å². The van der Waals surface area contributed by atoms with Crippen LogP contribution >= 0.6 is 0 Å². The van der Waals surface area contributed by atoms with E-state index in [0.717, 1.165) is 5.56 Å². The number of halogens is 3. The molecule has 0 aliphatic rings. The SMILES string of the molecule is Fc1cc(F)c(CCc2ccccc2)c(F)c1. The van der Waals surface area contributed by atoms with Crippen LogP contribution in [0.25, 0.3) is 0 Å². The van der Waals surface area contributed by atoms with Crippen molar-refractivity contribution in [1.82, 2.24) is 0 Å². The summed E-state index contributed by atoms with van der Waals surface area (Å²) >= 11 is 0. The van der Waals surface area contributed by atoms with Gasteiger partial charge in [0.05, 0.1) is 0 Å². The van der Waals surface area contributed by atoms with Gasteiger partial charge < -0.3 is 0 Å². The Bertz CT molecular complexity index is 483. The molecule has 0 saturated heterocycles. The molecule has 0 atom stereocenters. The monoisotopic (exact) mass is 236 g/mol. The fraction of sp³-hybridized carbons (Fsp3) is 0.143. The fourth-order valence-electron chi connectivity index (χ4n) is 1.72. The number of benzene rings is 2. The molecule has 0 aliphatic heterocycles. The van der Waals surface area contributed by atoms with E-state index in [2.05, 4.69) is 0 Å². The molecule has 88 valence electrons. The van der Waals surface area contributed by atoms with Crippen molar-refractivity contribution in [2.24, 2.45) is 0 Å². The number of hydrogen-bond donors (Lipinski definition) is 0. The molecule has 2 aromatic carbocycles. The van der Waals surface area contributed by atoms with Gasteiger partial charge in [-0.2, -0.15) is 0 Å². The third-order valence-electron chi connectivity index (χ3n) is 2.61. The lowest BCUT2D eigenvalue weighted by Gasteiger charge is -2.05. The summed E-state index contributed by atoms with van der Waals surface area (Å²) in [4.78, 5) is 0. The molecule has 0 bridgehead atoms. The summed E-state index contributed by atoms with van der Waals surface area (Å²) in [5, 5.41) is 0. The van der Waals surface area contributed by atoms with Crippen molar-refractivity contribution in [2.75, 3.05) is 0 Å². The van der Waals surface area contributed by atoms with Gasteiger partial charge in [-0.3, -0.25) is 0 Å².